The van der Waals surface area contributed by atoms with Gasteiger partial charge < -0.3 is 10.2 Å². The van der Waals surface area contributed by atoms with Crippen molar-refractivity contribution < 1.29 is 0 Å². The molecule has 0 aliphatic heterocycles. The van der Waals surface area contributed by atoms with Crippen molar-refractivity contribution in [2.45, 2.75) is 12.8 Å². The van der Waals surface area contributed by atoms with Crippen LogP contribution in [0.5, 0.6) is 0 Å². The number of nitrogen functional groups attached to an aromatic ring is 1. The Balaban J connectivity index is 1.97. The molecule has 0 fully saturated rings. The van der Waals surface area contributed by atoms with Crippen LogP contribution in [0.2, 0.25) is 0 Å². The van der Waals surface area contributed by atoms with Gasteiger partial charge in [0.1, 0.15) is 10.6 Å². The van der Waals surface area contributed by atoms with E-state index >= 15 is 0 Å². The molecule has 2 aromatic heterocycles. The Bertz CT molecular complexity index is 524. The molecule has 0 radical (unpaired) electrons. The summed E-state index contributed by atoms with van der Waals surface area (Å²) in [6.07, 6.45) is 2.28. The minimum Gasteiger partial charge on any atom is -0.369 e. The van der Waals surface area contributed by atoms with Crippen LogP contribution in [-0.2, 0) is 0 Å². The van der Waals surface area contributed by atoms with Gasteiger partial charge in [-0.05, 0) is 44.9 Å². The van der Waals surface area contributed by atoms with Crippen molar-refractivity contribution >= 4 is 33.3 Å². The fraction of sp³-hybridized carbons (Fsp3) is 0.500. The molecular weight excluding hydrogens is 260 g/mol. The summed E-state index contributed by atoms with van der Waals surface area (Å²) in [6, 6.07) is 2.03. The molecule has 7 heteroatoms. The van der Waals surface area contributed by atoms with Crippen molar-refractivity contribution in [2.24, 2.45) is 5.84 Å². The third-order valence-electron chi connectivity index (χ3n) is 2.78. The Hall–Kier alpha value is -1.44. The Morgan fingerprint density at radius 3 is 2.89 bits per heavy atom. The molecular formula is C12H20N6S. The first-order chi connectivity index (χ1) is 9.20. The van der Waals surface area contributed by atoms with Gasteiger partial charge in [-0.1, -0.05) is 0 Å². The number of nitrogens with one attached hydrogen (secondary N) is 2. The van der Waals surface area contributed by atoms with E-state index < -0.39 is 0 Å². The van der Waals surface area contributed by atoms with E-state index in [1.165, 1.54) is 6.42 Å². The average molecular weight is 280 g/mol. The zero-order valence-electron chi connectivity index (χ0n) is 11.3. The summed E-state index contributed by atoms with van der Waals surface area (Å²) in [5.41, 5.74) is 2.50. The molecule has 2 rings (SSSR count). The number of hydrogen-bond donors (Lipinski definition) is 3. The molecule has 104 valence electrons. The summed E-state index contributed by atoms with van der Waals surface area (Å²) < 4.78 is 0. The van der Waals surface area contributed by atoms with Gasteiger partial charge in [0.2, 0.25) is 5.95 Å². The minimum atomic E-state index is 0.450. The second-order valence-electron chi connectivity index (χ2n) is 4.62. The fourth-order valence-electron chi connectivity index (χ4n) is 1.81. The van der Waals surface area contributed by atoms with Crippen LogP contribution in [0.3, 0.4) is 0 Å². The number of anilines is 2. The van der Waals surface area contributed by atoms with Gasteiger partial charge in [-0.15, -0.1) is 11.3 Å². The number of nitrogens with two attached hydrogens (primary N) is 1. The molecule has 2 aromatic rings. The van der Waals surface area contributed by atoms with Crippen LogP contribution in [-0.4, -0.2) is 42.1 Å². The Morgan fingerprint density at radius 1 is 1.32 bits per heavy atom. The van der Waals surface area contributed by atoms with Gasteiger partial charge in [-0.2, -0.15) is 4.98 Å². The van der Waals surface area contributed by atoms with Gasteiger partial charge in [0.05, 0.1) is 5.39 Å². The Kier molecular flexibility index (Phi) is 4.89. The minimum absolute atomic E-state index is 0.450. The van der Waals surface area contributed by atoms with Crippen LogP contribution in [0.15, 0.2) is 11.4 Å². The lowest BCUT2D eigenvalue weighted by Gasteiger charge is -2.10. The van der Waals surface area contributed by atoms with Crippen LogP contribution in [0.1, 0.15) is 12.8 Å². The highest BCUT2D eigenvalue weighted by molar-refractivity contribution is 7.16. The van der Waals surface area contributed by atoms with E-state index in [-0.39, 0.29) is 0 Å². The maximum Gasteiger partial charge on any atom is 0.240 e. The van der Waals surface area contributed by atoms with Crippen molar-refractivity contribution in [3.63, 3.8) is 0 Å². The number of rotatable bonds is 7. The zero-order valence-corrected chi connectivity index (χ0v) is 12.1. The first-order valence-corrected chi connectivity index (χ1v) is 7.19. The topological polar surface area (TPSA) is 79.1 Å². The van der Waals surface area contributed by atoms with Crippen molar-refractivity contribution in [3.8, 4) is 0 Å². The molecule has 6 nitrogen and oxygen atoms in total. The molecule has 0 amide bonds. The summed E-state index contributed by atoms with van der Waals surface area (Å²) in [5.74, 6) is 6.69. The van der Waals surface area contributed by atoms with Gasteiger partial charge in [-0.25, -0.2) is 10.8 Å². The van der Waals surface area contributed by atoms with Crippen LogP contribution in [0.25, 0.3) is 10.2 Å². The molecule has 0 aromatic carbocycles. The van der Waals surface area contributed by atoms with Gasteiger partial charge in [0.15, 0.2) is 0 Å². The summed E-state index contributed by atoms with van der Waals surface area (Å²) in [7, 11) is 4.18. The lowest BCUT2D eigenvalue weighted by molar-refractivity contribution is 0.396. The largest absolute Gasteiger partial charge is 0.369 e. The van der Waals surface area contributed by atoms with Crippen LogP contribution < -0.4 is 16.6 Å². The maximum atomic E-state index is 5.38. The van der Waals surface area contributed by atoms with Crippen molar-refractivity contribution in [1.29, 1.82) is 0 Å². The summed E-state index contributed by atoms with van der Waals surface area (Å²) in [4.78, 5) is 11.8. The molecule has 0 bridgehead atoms. The highest BCUT2D eigenvalue weighted by Gasteiger charge is 2.07. The number of thiophene rings is 1. The quantitative estimate of drug-likeness (QED) is 0.407. The summed E-state index contributed by atoms with van der Waals surface area (Å²) >= 11 is 1.59. The van der Waals surface area contributed by atoms with Crippen molar-refractivity contribution in [1.82, 2.24) is 14.9 Å². The summed E-state index contributed by atoms with van der Waals surface area (Å²) in [5, 5.41) is 6.43. The van der Waals surface area contributed by atoms with Crippen molar-refractivity contribution in [2.75, 3.05) is 37.9 Å². The number of fused-ring (bicyclic) bond motifs is 1. The number of unbranched alkanes of at least 4 members (excludes halogenated alkanes) is 1. The first kappa shape index (κ1) is 14.0. The molecule has 0 saturated carbocycles. The zero-order chi connectivity index (χ0) is 13.7. The first-order valence-electron chi connectivity index (χ1n) is 6.31. The van der Waals surface area contributed by atoms with E-state index in [2.05, 4.69) is 39.7 Å². The van der Waals surface area contributed by atoms with E-state index in [0.29, 0.717) is 5.95 Å². The Labute approximate surface area is 117 Å². The highest BCUT2D eigenvalue weighted by Crippen LogP contribution is 2.26. The van der Waals surface area contributed by atoms with Crippen LogP contribution in [0.4, 0.5) is 11.8 Å². The summed E-state index contributed by atoms with van der Waals surface area (Å²) in [6.45, 7) is 2.01. The molecule has 0 aliphatic carbocycles. The maximum absolute atomic E-state index is 5.38. The third-order valence-corrected chi connectivity index (χ3v) is 3.59. The molecule has 4 N–H and O–H groups in total. The van der Waals surface area contributed by atoms with Crippen molar-refractivity contribution in [3.05, 3.63) is 11.4 Å². The number of nitrogens with zero attached hydrogens (tertiary/aromatic N) is 3. The van der Waals surface area contributed by atoms with E-state index in [0.717, 1.165) is 35.5 Å². The van der Waals surface area contributed by atoms with E-state index in [1.54, 1.807) is 11.3 Å². The van der Waals surface area contributed by atoms with Gasteiger partial charge in [0.25, 0.3) is 0 Å². The Morgan fingerprint density at radius 2 is 2.16 bits per heavy atom. The monoisotopic (exact) mass is 280 g/mol. The van der Waals surface area contributed by atoms with Gasteiger partial charge in [0, 0.05) is 6.54 Å². The SMILES string of the molecule is CN(C)CCCCNc1nc(NN)nc2sccc12. The van der Waals surface area contributed by atoms with Crippen LogP contribution >= 0.6 is 11.3 Å². The molecule has 2 heterocycles. The molecule has 19 heavy (non-hydrogen) atoms. The molecule has 0 aliphatic rings. The van der Waals surface area contributed by atoms with Crippen LogP contribution in [0, 0.1) is 0 Å². The van der Waals surface area contributed by atoms with E-state index in [1.807, 2.05) is 11.4 Å². The fourth-order valence-corrected chi connectivity index (χ4v) is 2.58. The standard InChI is InChI=1S/C12H20N6S/c1-18(2)7-4-3-6-14-10-9-5-8-19-11(9)16-12(15-10)17-13/h5,8H,3-4,6-7,13H2,1-2H3,(H2,14,15,16,17). The second-order valence-corrected chi connectivity index (χ2v) is 5.51. The number of hydrazine groups is 1. The van der Waals surface area contributed by atoms with E-state index in [4.69, 9.17) is 5.84 Å². The highest BCUT2D eigenvalue weighted by atomic mass is 32.1. The van der Waals surface area contributed by atoms with Gasteiger partial charge in [-0.3, -0.25) is 5.43 Å². The smallest absolute Gasteiger partial charge is 0.240 e. The van der Waals surface area contributed by atoms with Gasteiger partial charge >= 0.3 is 0 Å². The second kappa shape index (κ2) is 6.65. The molecule has 0 saturated heterocycles. The number of hydrogen-bond acceptors (Lipinski definition) is 7. The predicted molar refractivity (Wildman–Crippen MR) is 81.5 cm³/mol. The lowest BCUT2D eigenvalue weighted by Crippen LogP contribution is -2.15. The molecule has 0 spiro atoms. The van der Waals surface area contributed by atoms with E-state index in [9.17, 15) is 0 Å². The lowest BCUT2D eigenvalue weighted by atomic mass is 10.3. The predicted octanol–water partition coefficient (Wildman–Crippen LogP) is 1.73. The number of aromatic nitrogens is 2. The third kappa shape index (κ3) is 3.76. The molecule has 0 unspecified atom stereocenters. The normalized spacial score (nSPS) is 11.2. The average Bonchev–Trinajstić information content (AvgIpc) is 2.85. The molecule has 0 atom stereocenters.